The van der Waals surface area contributed by atoms with Crippen LogP contribution < -0.4 is 5.32 Å². The Bertz CT molecular complexity index is 504. The monoisotopic (exact) mass is 311 g/mol. The highest BCUT2D eigenvalue weighted by molar-refractivity contribution is 6.30. The molecule has 0 saturated carbocycles. The third kappa shape index (κ3) is 4.56. The lowest BCUT2D eigenvalue weighted by molar-refractivity contribution is -0.142. The van der Waals surface area contributed by atoms with Crippen LogP contribution in [0.1, 0.15) is 32.3 Å². The molecule has 5 heteroatoms. The van der Waals surface area contributed by atoms with E-state index in [-0.39, 0.29) is 13.0 Å². The Labute approximate surface area is 130 Å². The Morgan fingerprint density at radius 2 is 2.24 bits per heavy atom. The summed E-state index contributed by atoms with van der Waals surface area (Å²) < 4.78 is 0. The van der Waals surface area contributed by atoms with E-state index in [2.05, 4.69) is 5.32 Å². The van der Waals surface area contributed by atoms with Crippen molar-refractivity contribution in [3.05, 3.63) is 47.0 Å². The van der Waals surface area contributed by atoms with Gasteiger partial charge in [-0.1, -0.05) is 42.8 Å². The van der Waals surface area contributed by atoms with Crippen LogP contribution in [0.4, 0.5) is 0 Å². The van der Waals surface area contributed by atoms with Crippen molar-refractivity contribution in [2.45, 2.75) is 38.3 Å². The van der Waals surface area contributed by atoms with Crippen molar-refractivity contribution in [1.29, 1.82) is 0 Å². The third-order valence-electron chi connectivity index (χ3n) is 3.40. The molecule has 21 heavy (non-hydrogen) atoms. The van der Waals surface area contributed by atoms with Crippen LogP contribution in [0.5, 0.6) is 0 Å². The van der Waals surface area contributed by atoms with Gasteiger partial charge in [0, 0.05) is 5.02 Å². The minimum Gasteiger partial charge on any atom is -0.394 e. The molecule has 0 saturated heterocycles. The van der Waals surface area contributed by atoms with Crippen LogP contribution in [-0.4, -0.2) is 28.8 Å². The number of amides is 1. The lowest BCUT2D eigenvalue weighted by atomic mass is 9.90. The molecule has 1 amide bonds. The van der Waals surface area contributed by atoms with E-state index in [0.717, 1.165) is 0 Å². The smallest absolute Gasteiger partial charge is 0.256 e. The minimum absolute atomic E-state index is 0.189. The Kier molecular flexibility index (Phi) is 6.89. The molecular weight excluding hydrogens is 290 g/mol. The summed E-state index contributed by atoms with van der Waals surface area (Å²) in [5, 5.41) is 23.1. The SMILES string of the molecule is C/C=C/C[C@H](CO)NC(=O)[C@@](O)(CC)c1cccc(Cl)c1. The molecule has 4 nitrogen and oxygen atoms in total. The predicted molar refractivity (Wildman–Crippen MR) is 84.1 cm³/mol. The molecule has 0 spiro atoms. The van der Waals surface area contributed by atoms with Crippen molar-refractivity contribution in [2.75, 3.05) is 6.61 Å². The molecule has 0 aliphatic heterocycles. The van der Waals surface area contributed by atoms with Crippen LogP contribution in [0, 0.1) is 0 Å². The summed E-state index contributed by atoms with van der Waals surface area (Å²) in [5.41, 5.74) is -1.22. The van der Waals surface area contributed by atoms with Crippen molar-refractivity contribution in [3.8, 4) is 0 Å². The zero-order valence-electron chi connectivity index (χ0n) is 12.3. The second-order valence-corrected chi connectivity index (χ2v) is 5.32. The maximum Gasteiger partial charge on any atom is 0.256 e. The molecule has 0 aliphatic rings. The summed E-state index contributed by atoms with van der Waals surface area (Å²) in [6, 6.07) is 6.18. The number of aliphatic hydroxyl groups excluding tert-OH is 1. The first kappa shape index (κ1) is 17.7. The summed E-state index contributed by atoms with van der Waals surface area (Å²) in [4.78, 5) is 12.4. The average Bonchev–Trinajstić information content (AvgIpc) is 2.50. The van der Waals surface area contributed by atoms with Crippen LogP contribution >= 0.6 is 11.6 Å². The standard InChI is InChI=1S/C16H22ClNO3/c1-3-5-9-14(11-19)18-15(20)16(21,4-2)12-7-6-8-13(17)10-12/h3,5-8,10,14,19,21H,4,9,11H2,1-2H3,(H,18,20)/b5-3+/t14-,16-/m1/s1. The fourth-order valence-electron chi connectivity index (χ4n) is 2.03. The van der Waals surface area contributed by atoms with Gasteiger partial charge in [-0.15, -0.1) is 0 Å². The first-order chi connectivity index (χ1) is 9.97. The molecule has 3 N–H and O–H groups in total. The Hall–Kier alpha value is -1.36. The number of benzene rings is 1. The van der Waals surface area contributed by atoms with Crippen molar-refractivity contribution in [2.24, 2.45) is 0 Å². The van der Waals surface area contributed by atoms with Gasteiger partial charge in [0.05, 0.1) is 12.6 Å². The molecule has 1 rings (SSSR count). The molecule has 0 bridgehead atoms. The maximum absolute atomic E-state index is 12.4. The number of rotatable bonds is 7. The predicted octanol–water partition coefficient (Wildman–Crippen LogP) is 2.38. The lowest BCUT2D eigenvalue weighted by Gasteiger charge is -2.28. The van der Waals surface area contributed by atoms with Gasteiger partial charge in [-0.25, -0.2) is 0 Å². The molecule has 2 atom stereocenters. The van der Waals surface area contributed by atoms with E-state index in [0.29, 0.717) is 17.0 Å². The van der Waals surface area contributed by atoms with Crippen LogP contribution in [0.2, 0.25) is 5.02 Å². The van der Waals surface area contributed by atoms with Crippen LogP contribution in [0.25, 0.3) is 0 Å². The Morgan fingerprint density at radius 3 is 2.76 bits per heavy atom. The Morgan fingerprint density at radius 1 is 1.52 bits per heavy atom. The van der Waals surface area contributed by atoms with Gasteiger partial charge in [0.25, 0.3) is 5.91 Å². The van der Waals surface area contributed by atoms with Gasteiger partial charge in [0.1, 0.15) is 0 Å². The number of carbonyl (C=O) groups is 1. The minimum atomic E-state index is -1.66. The molecule has 0 heterocycles. The summed E-state index contributed by atoms with van der Waals surface area (Å²) in [7, 11) is 0. The molecule has 0 aliphatic carbocycles. The van der Waals surface area contributed by atoms with Crippen molar-refractivity contribution in [1.82, 2.24) is 5.32 Å². The number of hydrogen-bond acceptors (Lipinski definition) is 3. The van der Waals surface area contributed by atoms with E-state index >= 15 is 0 Å². The van der Waals surface area contributed by atoms with E-state index in [9.17, 15) is 15.0 Å². The van der Waals surface area contributed by atoms with Gasteiger partial charge < -0.3 is 15.5 Å². The summed E-state index contributed by atoms with van der Waals surface area (Å²) in [6.45, 7) is 3.40. The van der Waals surface area contributed by atoms with Gasteiger partial charge >= 0.3 is 0 Å². The maximum atomic E-state index is 12.4. The molecule has 1 aromatic carbocycles. The van der Waals surface area contributed by atoms with E-state index < -0.39 is 17.6 Å². The number of carbonyl (C=O) groups excluding carboxylic acids is 1. The topological polar surface area (TPSA) is 69.6 Å². The van der Waals surface area contributed by atoms with E-state index in [1.54, 1.807) is 31.2 Å². The molecule has 1 aromatic rings. The van der Waals surface area contributed by atoms with Gasteiger partial charge in [-0.2, -0.15) is 0 Å². The van der Waals surface area contributed by atoms with Gasteiger partial charge in [-0.05, 0) is 37.5 Å². The number of hydrogen-bond donors (Lipinski definition) is 3. The average molecular weight is 312 g/mol. The van der Waals surface area contributed by atoms with Crippen LogP contribution in [0.3, 0.4) is 0 Å². The zero-order valence-corrected chi connectivity index (χ0v) is 13.1. The molecule has 0 aromatic heterocycles. The van der Waals surface area contributed by atoms with E-state index in [1.165, 1.54) is 0 Å². The van der Waals surface area contributed by atoms with Crippen LogP contribution in [-0.2, 0) is 10.4 Å². The van der Waals surface area contributed by atoms with E-state index in [4.69, 9.17) is 11.6 Å². The highest BCUT2D eigenvalue weighted by Crippen LogP contribution is 2.27. The number of halogens is 1. The fraction of sp³-hybridized carbons (Fsp3) is 0.438. The largest absolute Gasteiger partial charge is 0.394 e. The second-order valence-electron chi connectivity index (χ2n) is 4.88. The van der Waals surface area contributed by atoms with E-state index in [1.807, 2.05) is 19.1 Å². The lowest BCUT2D eigenvalue weighted by Crippen LogP contribution is -2.49. The highest BCUT2D eigenvalue weighted by atomic mass is 35.5. The second kappa shape index (κ2) is 8.17. The van der Waals surface area contributed by atoms with Crippen molar-refractivity contribution in [3.63, 3.8) is 0 Å². The molecule has 0 fully saturated rings. The molecule has 0 radical (unpaired) electrons. The van der Waals surface area contributed by atoms with Gasteiger partial charge in [-0.3, -0.25) is 4.79 Å². The first-order valence-electron chi connectivity index (χ1n) is 6.99. The number of nitrogens with one attached hydrogen (secondary N) is 1. The highest BCUT2D eigenvalue weighted by Gasteiger charge is 2.37. The van der Waals surface area contributed by atoms with Gasteiger partial charge in [0.15, 0.2) is 5.60 Å². The quantitative estimate of drug-likeness (QED) is 0.677. The fourth-order valence-corrected chi connectivity index (χ4v) is 2.22. The summed E-state index contributed by atoms with van der Waals surface area (Å²) >= 11 is 5.92. The summed E-state index contributed by atoms with van der Waals surface area (Å²) in [6.07, 6.45) is 4.42. The van der Waals surface area contributed by atoms with Crippen molar-refractivity contribution >= 4 is 17.5 Å². The van der Waals surface area contributed by atoms with Gasteiger partial charge in [0.2, 0.25) is 0 Å². The third-order valence-corrected chi connectivity index (χ3v) is 3.64. The molecule has 116 valence electrons. The molecule has 0 unspecified atom stereocenters. The van der Waals surface area contributed by atoms with Crippen LogP contribution in [0.15, 0.2) is 36.4 Å². The number of allylic oxidation sites excluding steroid dienone is 1. The Balaban J connectivity index is 2.94. The summed E-state index contributed by atoms with van der Waals surface area (Å²) in [5.74, 6) is -0.532. The normalized spacial score (nSPS) is 15.7. The first-order valence-corrected chi connectivity index (χ1v) is 7.37. The van der Waals surface area contributed by atoms with Crippen molar-refractivity contribution < 1.29 is 15.0 Å². The number of aliphatic hydroxyl groups is 2. The molecular formula is C16H22ClNO3. The zero-order chi connectivity index (χ0) is 15.9.